The monoisotopic (exact) mass is 385 g/mol. The van der Waals surface area contributed by atoms with Gasteiger partial charge in [-0.15, -0.1) is 0 Å². The first-order valence-corrected chi connectivity index (χ1v) is 9.82. The third-order valence-electron chi connectivity index (χ3n) is 3.79. The van der Waals surface area contributed by atoms with E-state index >= 15 is 0 Å². The van der Waals surface area contributed by atoms with Gasteiger partial charge >= 0.3 is 0 Å². The third-order valence-corrected chi connectivity index (χ3v) is 6.05. The van der Waals surface area contributed by atoms with Crippen LogP contribution >= 0.6 is 23.2 Å². The molecule has 1 N–H and O–H groups in total. The highest BCUT2D eigenvalue weighted by molar-refractivity contribution is 7.89. The highest BCUT2D eigenvalue weighted by Gasteiger charge is 2.22. The molecule has 0 aliphatic carbocycles. The quantitative estimate of drug-likeness (QED) is 0.772. The molecule has 0 unspecified atom stereocenters. The zero-order chi connectivity index (χ0) is 18.1. The summed E-state index contributed by atoms with van der Waals surface area (Å²) in [6.45, 7) is 8.20. The minimum absolute atomic E-state index is 0.0187. The Kier molecular flexibility index (Phi) is 5.65. The van der Waals surface area contributed by atoms with E-state index in [1.165, 1.54) is 17.7 Å². The molecule has 2 aromatic rings. The average Bonchev–Trinajstić information content (AvgIpc) is 2.48. The average molecular weight is 386 g/mol. The number of rotatable bonds is 4. The Morgan fingerprint density at radius 1 is 1.00 bits per heavy atom. The Morgan fingerprint density at radius 2 is 1.58 bits per heavy atom. The zero-order valence-corrected chi connectivity index (χ0v) is 16.4. The van der Waals surface area contributed by atoms with Crippen molar-refractivity contribution in [1.82, 2.24) is 4.72 Å². The summed E-state index contributed by atoms with van der Waals surface area (Å²) in [4.78, 5) is -0.0187. The van der Waals surface area contributed by atoms with Gasteiger partial charge in [0.1, 0.15) is 4.90 Å². The van der Waals surface area contributed by atoms with Gasteiger partial charge in [-0.05, 0) is 41.7 Å². The molecule has 0 aliphatic heterocycles. The molecule has 0 bridgehead atoms. The van der Waals surface area contributed by atoms with Crippen LogP contribution in [0.2, 0.25) is 10.0 Å². The van der Waals surface area contributed by atoms with Gasteiger partial charge in [-0.1, -0.05) is 68.2 Å². The van der Waals surface area contributed by atoms with Gasteiger partial charge in [-0.25, -0.2) is 13.1 Å². The van der Waals surface area contributed by atoms with Crippen LogP contribution in [0.25, 0.3) is 0 Å². The normalized spacial score (nSPS) is 13.8. The van der Waals surface area contributed by atoms with Gasteiger partial charge in [0.2, 0.25) is 10.0 Å². The van der Waals surface area contributed by atoms with Crippen molar-refractivity contribution in [3.8, 4) is 0 Å². The van der Waals surface area contributed by atoms with E-state index in [-0.39, 0.29) is 21.4 Å². The zero-order valence-electron chi connectivity index (χ0n) is 14.1. The summed E-state index contributed by atoms with van der Waals surface area (Å²) in [6.07, 6.45) is 0. The number of sulfonamides is 1. The van der Waals surface area contributed by atoms with Gasteiger partial charge in [-0.3, -0.25) is 0 Å². The molecule has 24 heavy (non-hydrogen) atoms. The van der Waals surface area contributed by atoms with Gasteiger partial charge in [0, 0.05) is 11.1 Å². The van der Waals surface area contributed by atoms with E-state index in [2.05, 4.69) is 25.5 Å². The number of benzene rings is 2. The van der Waals surface area contributed by atoms with E-state index in [0.29, 0.717) is 5.02 Å². The molecule has 130 valence electrons. The van der Waals surface area contributed by atoms with Crippen LogP contribution in [0.15, 0.2) is 47.4 Å². The van der Waals surface area contributed by atoms with Crippen molar-refractivity contribution in [2.45, 2.75) is 44.0 Å². The second-order valence-electron chi connectivity index (χ2n) is 6.79. The van der Waals surface area contributed by atoms with E-state index < -0.39 is 10.0 Å². The maximum Gasteiger partial charge on any atom is 0.242 e. The molecule has 0 fully saturated rings. The Hall–Kier alpha value is -1.07. The van der Waals surface area contributed by atoms with Crippen LogP contribution in [0.4, 0.5) is 0 Å². The lowest BCUT2D eigenvalue weighted by Crippen LogP contribution is -2.27. The molecule has 1 atom stereocenters. The molecule has 0 radical (unpaired) electrons. The van der Waals surface area contributed by atoms with Crippen LogP contribution in [-0.4, -0.2) is 8.42 Å². The predicted octanol–water partition coefficient (Wildman–Crippen LogP) is 5.33. The first-order valence-electron chi connectivity index (χ1n) is 7.58. The summed E-state index contributed by atoms with van der Waals surface area (Å²) >= 11 is 11.9. The minimum Gasteiger partial charge on any atom is -0.207 e. The number of halogens is 2. The summed E-state index contributed by atoms with van der Waals surface area (Å²) in [5.41, 5.74) is 2.12. The van der Waals surface area contributed by atoms with Crippen molar-refractivity contribution >= 4 is 33.2 Å². The molecular weight excluding hydrogens is 365 g/mol. The molecule has 0 saturated carbocycles. The van der Waals surface area contributed by atoms with Crippen LogP contribution in [0.3, 0.4) is 0 Å². The predicted molar refractivity (Wildman–Crippen MR) is 100 cm³/mol. The third kappa shape index (κ3) is 4.51. The summed E-state index contributed by atoms with van der Waals surface area (Å²) in [6, 6.07) is 11.9. The lowest BCUT2D eigenvalue weighted by Gasteiger charge is -2.21. The maximum atomic E-state index is 12.6. The summed E-state index contributed by atoms with van der Waals surface area (Å²) in [5, 5.41) is 0.462. The summed E-state index contributed by atoms with van der Waals surface area (Å²) in [5.74, 6) is 0. The molecule has 6 heteroatoms. The molecule has 0 amide bonds. The summed E-state index contributed by atoms with van der Waals surface area (Å²) < 4.78 is 27.8. The first kappa shape index (κ1) is 19.3. The van der Waals surface area contributed by atoms with Crippen LogP contribution < -0.4 is 4.72 Å². The minimum atomic E-state index is -3.77. The van der Waals surface area contributed by atoms with E-state index in [1.807, 2.05) is 24.3 Å². The highest BCUT2D eigenvalue weighted by atomic mass is 35.5. The van der Waals surface area contributed by atoms with Gasteiger partial charge in [-0.2, -0.15) is 0 Å². The van der Waals surface area contributed by atoms with Crippen molar-refractivity contribution in [2.75, 3.05) is 0 Å². The summed E-state index contributed by atoms with van der Waals surface area (Å²) in [7, 11) is -3.77. The molecule has 0 aromatic heterocycles. The van der Waals surface area contributed by atoms with Crippen molar-refractivity contribution in [2.24, 2.45) is 0 Å². The van der Waals surface area contributed by atoms with Gasteiger partial charge in [0.15, 0.2) is 0 Å². The van der Waals surface area contributed by atoms with E-state index in [9.17, 15) is 8.42 Å². The molecular formula is C18H21Cl2NO2S. The van der Waals surface area contributed by atoms with Gasteiger partial charge < -0.3 is 0 Å². The number of nitrogens with one attached hydrogen (secondary N) is 1. The molecule has 0 aliphatic rings. The standard InChI is InChI=1S/C18H21Cl2NO2S/c1-12(13-5-7-14(8-6-13)18(2,3)4)21-24(22,23)17-11-15(19)9-10-16(17)20/h5-12,21H,1-4H3/t12-/m1/s1. The fourth-order valence-corrected chi connectivity index (χ4v) is 4.31. The molecule has 3 nitrogen and oxygen atoms in total. The number of hydrogen-bond donors (Lipinski definition) is 1. The second-order valence-corrected chi connectivity index (χ2v) is 9.32. The van der Waals surface area contributed by atoms with Crippen LogP contribution in [-0.2, 0) is 15.4 Å². The van der Waals surface area contributed by atoms with Crippen LogP contribution in [0.1, 0.15) is 44.9 Å². The fraction of sp³-hybridized carbons (Fsp3) is 0.333. The lowest BCUT2D eigenvalue weighted by atomic mass is 9.86. The van der Waals surface area contributed by atoms with E-state index in [0.717, 1.165) is 5.56 Å². The number of hydrogen-bond acceptors (Lipinski definition) is 2. The largest absolute Gasteiger partial charge is 0.242 e. The molecule has 2 rings (SSSR count). The van der Waals surface area contributed by atoms with E-state index in [1.54, 1.807) is 13.0 Å². The smallest absolute Gasteiger partial charge is 0.207 e. The Balaban J connectivity index is 2.25. The molecule has 0 heterocycles. The van der Waals surface area contributed by atoms with Crippen LogP contribution in [0, 0.1) is 0 Å². The lowest BCUT2D eigenvalue weighted by molar-refractivity contribution is 0.566. The SMILES string of the molecule is C[C@@H](NS(=O)(=O)c1cc(Cl)ccc1Cl)c1ccc(C(C)(C)C)cc1. The Labute approximate surface area is 154 Å². The van der Waals surface area contributed by atoms with Gasteiger partial charge in [0.05, 0.1) is 5.02 Å². The van der Waals surface area contributed by atoms with Crippen molar-refractivity contribution in [1.29, 1.82) is 0 Å². The first-order chi connectivity index (χ1) is 11.0. The van der Waals surface area contributed by atoms with Crippen LogP contribution in [0.5, 0.6) is 0 Å². The Bertz CT molecular complexity index is 825. The maximum absolute atomic E-state index is 12.6. The molecule has 2 aromatic carbocycles. The highest BCUT2D eigenvalue weighted by Crippen LogP contribution is 2.27. The Morgan fingerprint density at radius 3 is 2.12 bits per heavy atom. The van der Waals surface area contributed by atoms with Crippen molar-refractivity contribution in [3.05, 3.63) is 63.6 Å². The van der Waals surface area contributed by atoms with Crippen molar-refractivity contribution < 1.29 is 8.42 Å². The van der Waals surface area contributed by atoms with Gasteiger partial charge in [0.25, 0.3) is 0 Å². The fourth-order valence-electron chi connectivity index (χ4n) is 2.32. The second kappa shape index (κ2) is 7.04. The molecule has 0 saturated heterocycles. The van der Waals surface area contributed by atoms with Crippen molar-refractivity contribution in [3.63, 3.8) is 0 Å². The van der Waals surface area contributed by atoms with E-state index in [4.69, 9.17) is 23.2 Å². The molecule has 0 spiro atoms. The topological polar surface area (TPSA) is 46.2 Å².